The van der Waals surface area contributed by atoms with Crippen molar-refractivity contribution in [2.45, 2.75) is 31.1 Å². The number of rotatable bonds is 6. The summed E-state index contributed by atoms with van der Waals surface area (Å²) in [5.74, 6) is 0.385. The Kier molecular flexibility index (Phi) is 4.91. The fourth-order valence-electron chi connectivity index (χ4n) is 4.10. The van der Waals surface area contributed by atoms with Crippen molar-refractivity contribution in [1.82, 2.24) is 38.5 Å². The third-order valence-electron chi connectivity index (χ3n) is 5.58. The van der Waals surface area contributed by atoms with E-state index in [-0.39, 0.29) is 5.54 Å². The van der Waals surface area contributed by atoms with Gasteiger partial charge in [-0.15, -0.1) is 0 Å². The molecule has 0 amide bonds. The van der Waals surface area contributed by atoms with Crippen LogP contribution >= 0.6 is 11.9 Å². The quantitative estimate of drug-likeness (QED) is 0.447. The van der Waals surface area contributed by atoms with E-state index in [1.807, 2.05) is 36.4 Å². The molecule has 0 atom stereocenters. The molecule has 0 spiro atoms. The fraction of sp³-hybridized carbons (Fsp3) is 0.381. The van der Waals surface area contributed by atoms with E-state index in [0.717, 1.165) is 35.4 Å². The highest BCUT2D eigenvalue weighted by molar-refractivity contribution is 7.97. The van der Waals surface area contributed by atoms with Gasteiger partial charge in [0.1, 0.15) is 11.2 Å². The summed E-state index contributed by atoms with van der Waals surface area (Å²) in [4.78, 5) is 4.90. The SMILES string of the molecule is CC(C)SN1CC(CC#N)(n2cc(-c3nc(-c4cnn(C)c4)cn4nccc34)c(N)n2)C1. The number of aromatic nitrogens is 7. The molecule has 4 aromatic rings. The minimum absolute atomic E-state index is 0.369. The number of nitrogen functional groups attached to an aromatic ring is 1. The lowest BCUT2D eigenvalue weighted by atomic mass is 9.89. The van der Waals surface area contributed by atoms with Crippen LogP contribution in [0.1, 0.15) is 20.3 Å². The lowest BCUT2D eigenvalue weighted by Gasteiger charge is -2.48. The van der Waals surface area contributed by atoms with Crippen LogP contribution in [0.25, 0.3) is 28.0 Å². The largest absolute Gasteiger partial charge is 0.382 e. The first-order valence-corrected chi connectivity index (χ1v) is 11.2. The second-order valence-electron chi connectivity index (χ2n) is 8.42. The van der Waals surface area contributed by atoms with Crippen LogP contribution in [-0.2, 0) is 12.6 Å². The lowest BCUT2D eigenvalue weighted by molar-refractivity contribution is 0.0811. The Hall–Kier alpha value is -3.36. The van der Waals surface area contributed by atoms with Gasteiger partial charge in [0.25, 0.3) is 0 Å². The van der Waals surface area contributed by atoms with Crippen LogP contribution in [0, 0.1) is 11.3 Å². The molecule has 0 unspecified atom stereocenters. The average Bonchev–Trinajstić information content (AvgIpc) is 3.44. The van der Waals surface area contributed by atoms with Gasteiger partial charge in [0.2, 0.25) is 0 Å². The Balaban J connectivity index is 1.57. The van der Waals surface area contributed by atoms with Crippen molar-refractivity contribution < 1.29 is 0 Å². The topological polar surface area (TPSA) is 119 Å². The Bertz CT molecular complexity index is 1320. The van der Waals surface area contributed by atoms with E-state index < -0.39 is 0 Å². The van der Waals surface area contributed by atoms with Crippen molar-refractivity contribution in [2.75, 3.05) is 18.8 Å². The minimum atomic E-state index is -0.388. The third kappa shape index (κ3) is 3.41. The summed E-state index contributed by atoms with van der Waals surface area (Å²) >= 11 is 1.80. The highest BCUT2D eigenvalue weighted by Gasteiger charge is 2.46. The summed E-state index contributed by atoms with van der Waals surface area (Å²) in [6.45, 7) is 5.82. The molecule has 5 heterocycles. The van der Waals surface area contributed by atoms with Crippen molar-refractivity contribution in [3.8, 4) is 28.6 Å². The van der Waals surface area contributed by atoms with Gasteiger partial charge in [-0.3, -0.25) is 9.36 Å². The highest BCUT2D eigenvalue weighted by atomic mass is 32.2. The van der Waals surface area contributed by atoms with Gasteiger partial charge in [-0.2, -0.15) is 20.6 Å². The van der Waals surface area contributed by atoms with E-state index in [2.05, 4.69) is 39.5 Å². The van der Waals surface area contributed by atoms with Crippen LogP contribution in [0.15, 0.2) is 37.1 Å². The van der Waals surface area contributed by atoms with Crippen LogP contribution < -0.4 is 5.73 Å². The number of fused-ring (bicyclic) bond motifs is 1. The maximum Gasteiger partial charge on any atom is 0.155 e. The summed E-state index contributed by atoms with van der Waals surface area (Å²) < 4.78 is 7.66. The zero-order valence-corrected chi connectivity index (χ0v) is 19.0. The molecule has 10 nitrogen and oxygen atoms in total. The second-order valence-corrected chi connectivity index (χ2v) is 10.1. The number of anilines is 1. The lowest BCUT2D eigenvalue weighted by Crippen LogP contribution is -2.60. The molecule has 164 valence electrons. The van der Waals surface area contributed by atoms with Crippen LogP contribution in [0.3, 0.4) is 0 Å². The van der Waals surface area contributed by atoms with E-state index >= 15 is 0 Å². The Morgan fingerprint density at radius 2 is 2.06 bits per heavy atom. The maximum atomic E-state index is 9.49. The third-order valence-corrected chi connectivity index (χ3v) is 6.56. The van der Waals surface area contributed by atoms with Crippen LogP contribution in [0.2, 0.25) is 0 Å². The second kappa shape index (κ2) is 7.65. The van der Waals surface area contributed by atoms with E-state index in [9.17, 15) is 5.26 Å². The maximum absolute atomic E-state index is 9.49. The molecule has 0 radical (unpaired) electrons. The van der Waals surface area contributed by atoms with Gasteiger partial charge in [-0.25, -0.2) is 13.8 Å². The zero-order chi connectivity index (χ0) is 22.5. The first-order valence-electron chi connectivity index (χ1n) is 10.4. The normalized spacial score (nSPS) is 15.8. The summed E-state index contributed by atoms with van der Waals surface area (Å²) in [5.41, 5.74) is 9.90. The molecular weight excluding hydrogens is 424 g/mol. The van der Waals surface area contributed by atoms with Gasteiger partial charge >= 0.3 is 0 Å². The van der Waals surface area contributed by atoms with Crippen molar-refractivity contribution >= 4 is 23.3 Å². The Labute approximate surface area is 189 Å². The molecule has 11 heteroatoms. The van der Waals surface area contributed by atoms with Crippen LogP contribution in [-0.4, -0.2) is 56.8 Å². The molecule has 0 bridgehead atoms. The summed E-state index contributed by atoms with van der Waals surface area (Å²) in [6, 6.07) is 4.24. The molecular formula is C21H24N10S. The molecule has 4 aromatic heterocycles. The van der Waals surface area contributed by atoms with E-state index in [1.165, 1.54) is 0 Å². The Morgan fingerprint density at radius 1 is 1.25 bits per heavy atom. The monoisotopic (exact) mass is 448 g/mol. The minimum Gasteiger partial charge on any atom is -0.382 e. The molecule has 0 saturated carbocycles. The fourth-order valence-corrected chi connectivity index (χ4v) is 5.32. The highest BCUT2D eigenvalue weighted by Crippen LogP contribution is 2.40. The molecule has 1 aliphatic heterocycles. The van der Waals surface area contributed by atoms with Crippen molar-refractivity contribution in [2.24, 2.45) is 7.05 Å². The molecule has 1 saturated heterocycles. The number of hydrogen-bond donors (Lipinski definition) is 1. The molecule has 5 rings (SSSR count). The molecule has 2 N–H and O–H groups in total. The number of nitrogens with zero attached hydrogens (tertiary/aromatic N) is 9. The summed E-state index contributed by atoms with van der Waals surface area (Å²) in [5, 5.41) is 23.3. The molecule has 1 fully saturated rings. The van der Waals surface area contributed by atoms with Crippen LogP contribution in [0.4, 0.5) is 5.82 Å². The standard InChI is InChI=1S/C21H24N10S/c1-14(2)32-29-12-21(13-29,5-6-22)31-10-16(20(23)27-31)19-18-4-7-24-30(18)11-17(26-19)15-8-25-28(3)9-15/h4,7-11,14H,5,12-13H2,1-3H3,(H2,23,27). The number of nitriles is 1. The van der Waals surface area contributed by atoms with Gasteiger partial charge in [0.15, 0.2) is 5.82 Å². The van der Waals surface area contributed by atoms with Gasteiger partial charge in [-0.1, -0.05) is 25.8 Å². The predicted molar refractivity (Wildman–Crippen MR) is 123 cm³/mol. The smallest absolute Gasteiger partial charge is 0.155 e. The average molecular weight is 449 g/mol. The molecule has 0 aromatic carbocycles. The number of nitrogens with two attached hydrogens (primary N) is 1. The summed E-state index contributed by atoms with van der Waals surface area (Å²) in [7, 11) is 1.87. The van der Waals surface area contributed by atoms with Gasteiger partial charge in [0, 0.05) is 43.3 Å². The number of aryl methyl sites for hydroxylation is 1. The first-order chi connectivity index (χ1) is 15.4. The van der Waals surface area contributed by atoms with E-state index in [0.29, 0.717) is 23.2 Å². The van der Waals surface area contributed by atoms with Crippen molar-refractivity contribution in [1.29, 1.82) is 5.26 Å². The van der Waals surface area contributed by atoms with Gasteiger partial charge in [-0.05, 0) is 6.07 Å². The van der Waals surface area contributed by atoms with Gasteiger partial charge < -0.3 is 5.73 Å². The summed E-state index contributed by atoms with van der Waals surface area (Å²) in [6.07, 6.45) is 9.58. The molecule has 32 heavy (non-hydrogen) atoms. The predicted octanol–water partition coefficient (Wildman–Crippen LogP) is 2.56. The zero-order valence-electron chi connectivity index (χ0n) is 18.2. The molecule has 1 aliphatic rings. The van der Waals surface area contributed by atoms with Crippen LogP contribution in [0.5, 0.6) is 0 Å². The van der Waals surface area contributed by atoms with E-state index in [1.54, 1.807) is 33.5 Å². The molecule has 0 aliphatic carbocycles. The van der Waals surface area contributed by atoms with Gasteiger partial charge in [0.05, 0.1) is 47.9 Å². The first kappa shape index (κ1) is 20.5. The van der Waals surface area contributed by atoms with E-state index in [4.69, 9.17) is 10.7 Å². The number of hydrogen-bond acceptors (Lipinski definition) is 8. The Morgan fingerprint density at radius 3 is 2.75 bits per heavy atom. The van der Waals surface area contributed by atoms with Crippen molar-refractivity contribution in [3.63, 3.8) is 0 Å². The van der Waals surface area contributed by atoms with Crippen molar-refractivity contribution in [3.05, 3.63) is 37.1 Å².